The Morgan fingerprint density at radius 2 is 1.94 bits per heavy atom. The molecule has 1 fully saturated rings. The second-order valence-corrected chi connectivity index (χ2v) is 4.94. The zero-order valence-corrected chi connectivity index (χ0v) is 11.4. The Balaban J connectivity index is 2.16. The highest BCUT2D eigenvalue weighted by atomic mass is 16.2. The topological polar surface area (TPSA) is 70.2 Å². The van der Waals surface area contributed by atoms with Gasteiger partial charge >= 0.3 is 0 Å². The minimum Gasteiger partial charge on any atom is -0.355 e. The maximum atomic E-state index is 11.8. The molecule has 3 N–H and O–H groups in total. The monoisotopic (exact) mass is 255 g/mol. The Hall–Kier alpha value is -1.10. The van der Waals surface area contributed by atoms with Crippen molar-refractivity contribution in [2.24, 2.45) is 0 Å². The van der Waals surface area contributed by atoms with Gasteiger partial charge in [0.2, 0.25) is 11.8 Å². The number of hydrogen-bond donors (Lipinski definition) is 3. The van der Waals surface area contributed by atoms with Crippen LogP contribution in [-0.2, 0) is 9.59 Å². The summed E-state index contributed by atoms with van der Waals surface area (Å²) in [4.78, 5) is 23.2. The van der Waals surface area contributed by atoms with Crippen molar-refractivity contribution < 1.29 is 9.59 Å². The van der Waals surface area contributed by atoms with Crippen molar-refractivity contribution in [3.05, 3.63) is 0 Å². The average Bonchev–Trinajstić information content (AvgIpc) is 2.86. The summed E-state index contributed by atoms with van der Waals surface area (Å²) in [6.45, 7) is 4.67. The molecule has 0 saturated heterocycles. The van der Waals surface area contributed by atoms with E-state index < -0.39 is 0 Å². The van der Waals surface area contributed by atoms with Crippen LogP contribution in [0.1, 0.15) is 46.0 Å². The molecule has 1 rings (SSSR count). The van der Waals surface area contributed by atoms with E-state index in [1.807, 2.05) is 6.92 Å². The van der Waals surface area contributed by atoms with Gasteiger partial charge in [-0.2, -0.15) is 0 Å². The Bertz CT molecular complexity index is 275. The summed E-state index contributed by atoms with van der Waals surface area (Å²) in [6.07, 6.45) is 5.48. The van der Waals surface area contributed by atoms with Gasteiger partial charge in [0.15, 0.2) is 0 Å². The molecule has 1 unspecified atom stereocenters. The first-order valence-corrected chi connectivity index (χ1v) is 6.94. The third-order valence-electron chi connectivity index (χ3n) is 3.24. The lowest BCUT2D eigenvalue weighted by molar-refractivity contribution is -0.124. The summed E-state index contributed by atoms with van der Waals surface area (Å²) in [5.74, 6) is -0.0671. The molecule has 0 aromatic rings. The number of hydrogen-bond acceptors (Lipinski definition) is 3. The van der Waals surface area contributed by atoms with Gasteiger partial charge in [0, 0.05) is 12.6 Å². The van der Waals surface area contributed by atoms with Crippen molar-refractivity contribution in [2.45, 2.75) is 58.0 Å². The molecule has 0 aromatic heterocycles. The van der Waals surface area contributed by atoms with Crippen molar-refractivity contribution in [3.8, 4) is 0 Å². The molecule has 1 aliphatic rings. The van der Waals surface area contributed by atoms with Gasteiger partial charge in [0.1, 0.15) is 0 Å². The molecule has 18 heavy (non-hydrogen) atoms. The van der Waals surface area contributed by atoms with E-state index in [1.54, 1.807) is 6.92 Å². The zero-order chi connectivity index (χ0) is 13.4. The summed E-state index contributed by atoms with van der Waals surface area (Å²) >= 11 is 0. The van der Waals surface area contributed by atoms with Crippen LogP contribution in [0.5, 0.6) is 0 Å². The SMILES string of the molecule is CCCNC(=O)CNC(C)C(=O)NC1CCCC1. The van der Waals surface area contributed by atoms with E-state index in [0.717, 1.165) is 19.3 Å². The summed E-state index contributed by atoms with van der Waals surface area (Å²) < 4.78 is 0. The van der Waals surface area contributed by atoms with Gasteiger partial charge < -0.3 is 10.6 Å². The van der Waals surface area contributed by atoms with Crippen LogP contribution in [0.3, 0.4) is 0 Å². The molecule has 5 heteroatoms. The highest BCUT2D eigenvalue weighted by Gasteiger charge is 2.20. The van der Waals surface area contributed by atoms with E-state index in [9.17, 15) is 9.59 Å². The Kier molecular flexibility index (Phi) is 6.72. The molecule has 0 bridgehead atoms. The van der Waals surface area contributed by atoms with Gasteiger partial charge in [-0.1, -0.05) is 19.8 Å². The second-order valence-electron chi connectivity index (χ2n) is 4.94. The Labute approximate surface area is 109 Å². The van der Waals surface area contributed by atoms with Gasteiger partial charge in [-0.25, -0.2) is 0 Å². The molecule has 2 amide bonds. The maximum absolute atomic E-state index is 11.8. The van der Waals surface area contributed by atoms with Crippen LogP contribution in [0.25, 0.3) is 0 Å². The molecule has 0 aromatic carbocycles. The van der Waals surface area contributed by atoms with Gasteiger partial charge in [0.25, 0.3) is 0 Å². The number of carbonyl (C=O) groups excluding carboxylic acids is 2. The molecular weight excluding hydrogens is 230 g/mol. The molecule has 1 saturated carbocycles. The molecule has 0 aliphatic heterocycles. The van der Waals surface area contributed by atoms with Crippen molar-refractivity contribution in [3.63, 3.8) is 0 Å². The molecule has 0 spiro atoms. The van der Waals surface area contributed by atoms with E-state index >= 15 is 0 Å². The fourth-order valence-electron chi connectivity index (χ4n) is 2.06. The quantitative estimate of drug-likeness (QED) is 0.622. The van der Waals surface area contributed by atoms with E-state index in [4.69, 9.17) is 0 Å². The van der Waals surface area contributed by atoms with Gasteiger partial charge in [-0.15, -0.1) is 0 Å². The van der Waals surface area contributed by atoms with Gasteiger partial charge in [0.05, 0.1) is 12.6 Å². The van der Waals surface area contributed by atoms with Gasteiger partial charge in [-0.05, 0) is 26.2 Å². The van der Waals surface area contributed by atoms with Crippen LogP contribution >= 0.6 is 0 Å². The van der Waals surface area contributed by atoms with Crippen LogP contribution in [0.15, 0.2) is 0 Å². The minimum atomic E-state index is -0.321. The summed E-state index contributed by atoms with van der Waals surface area (Å²) in [7, 11) is 0. The molecule has 0 heterocycles. The number of rotatable bonds is 7. The Morgan fingerprint density at radius 1 is 1.28 bits per heavy atom. The van der Waals surface area contributed by atoms with Crippen LogP contribution in [0.4, 0.5) is 0 Å². The minimum absolute atomic E-state index is 0.00908. The summed E-state index contributed by atoms with van der Waals surface area (Å²) in [5, 5.41) is 8.72. The normalized spacial score (nSPS) is 17.4. The Morgan fingerprint density at radius 3 is 2.56 bits per heavy atom. The first-order chi connectivity index (χ1) is 8.63. The highest BCUT2D eigenvalue weighted by Crippen LogP contribution is 2.17. The lowest BCUT2D eigenvalue weighted by Gasteiger charge is -2.17. The fourth-order valence-corrected chi connectivity index (χ4v) is 2.06. The zero-order valence-electron chi connectivity index (χ0n) is 11.4. The van der Waals surface area contributed by atoms with Crippen molar-refractivity contribution >= 4 is 11.8 Å². The van der Waals surface area contributed by atoms with Crippen molar-refractivity contribution in [2.75, 3.05) is 13.1 Å². The van der Waals surface area contributed by atoms with Crippen LogP contribution in [0.2, 0.25) is 0 Å². The van der Waals surface area contributed by atoms with E-state index in [2.05, 4.69) is 16.0 Å². The third-order valence-corrected chi connectivity index (χ3v) is 3.24. The molecular formula is C13H25N3O2. The molecule has 5 nitrogen and oxygen atoms in total. The number of amides is 2. The first-order valence-electron chi connectivity index (χ1n) is 6.94. The van der Waals surface area contributed by atoms with Crippen molar-refractivity contribution in [1.82, 2.24) is 16.0 Å². The third kappa shape index (κ3) is 5.49. The summed E-state index contributed by atoms with van der Waals surface area (Å²) in [6, 6.07) is 0.00800. The molecule has 104 valence electrons. The summed E-state index contributed by atoms with van der Waals surface area (Å²) in [5.41, 5.74) is 0. The predicted octanol–water partition coefficient (Wildman–Crippen LogP) is 0.550. The van der Waals surface area contributed by atoms with Crippen LogP contribution in [-0.4, -0.2) is 37.0 Å². The largest absolute Gasteiger partial charge is 0.355 e. The van der Waals surface area contributed by atoms with Crippen LogP contribution < -0.4 is 16.0 Å². The highest BCUT2D eigenvalue weighted by molar-refractivity contribution is 5.83. The number of carbonyl (C=O) groups is 2. The number of nitrogens with one attached hydrogen (secondary N) is 3. The van der Waals surface area contributed by atoms with E-state index in [1.165, 1.54) is 12.8 Å². The van der Waals surface area contributed by atoms with Crippen molar-refractivity contribution in [1.29, 1.82) is 0 Å². The first kappa shape index (κ1) is 15.0. The maximum Gasteiger partial charge on any atom is 0.237 e. The van der Waals surface area contributed by atoms with Gasteiger partial charge in [-0.3, -0.25) is 14.9 Å². The average molecular weight is 255 g/mol. The second kappa shape index (κ2) is 8.08. The smallest absolute Gasteiger partial charge is 0.237 e. The lowest BCUT2D eigenvalue weighted by Crippen LogP contribution is -2.48. The van der Waals surface area contributed by atoms with E-state index in [0.29, 0.717) is 12.6 Å². The lowest BCUT2D eigenvalue weighted by atomic mass is 10.2. The predicted molar refractivity (Wildman–Crippen MR) is 71.2 cm³/mol. The molecule has 1 atom stereocenters. The fraction of sp³-hybridized carbons (Fsp3) is 0.846. The standard InChI is InChI=1S/C13H25N3O2/c1-3-8-14-12(17)9-15-10(2)13(18)16-11-6-4-5-7-11/h10-11,15H,3-9H2,1-2H3,(H,14,17)(H,16,18). The van der Waals surface area contributed by atoms with E-state index in [-0.39, 0.29) is 24.4 Å². The molecule has 0 radical (unpaired) electrons. The van der Waals surface area contributed by atoms with Crippen LogP contribution in [0, 0.1) is 0 Å². The molecule has 1 aliphatic carbocycles.